The first-order valence-corrected chi connectivity index (χ1v) is 37.8. The molecule has 0 bridgehead atoms. The lowest BCUT2D eigenvalue weighted by Gasteiger charge is -2.40. The van der Waals surface area contributed by atoms with Crippen molar-refractivity contribution in [3.05, 3.63) is 85.1 Å². The SMILES string of the molecule is CC/C=C\C/C=C\C/C=C\C/C=C\C/C=C\C/C=C\C/C=C\CCCCCCCCCCCCCCCCCC(=O)NC(COC1OC(CO)C(O)C(O)C1O)C(O)CCCCCCCCCCCCCCCCCCCCCCCCCCCCCC. The molecule has 0 aromatic rings. The van der Waals surface area contributed by atoms with Crippen LogP contribution in [0.4, 0.5) is 0 Å². The van der Waals surface area contributed by atoms with E-state index in [4.69, 9.17) is 9.47 Å². The number of hydrogen-bond donors (Lipinski definition) is 6. The molecule has 0 spiro atoms. The van der Waals surface area contributed by atoms with Gasteiger partial charge in [-0.25, -0.2) is 0 Å². The van der Waals surface area contributed by atoms with Gasteiger partial charge in [0.25, 0.3) is 0 Å². The Bertz CT molecular complexity index is 1670. The molecule has 9 nitrogen and oxygen atoms in total. The van der Waals surface area contributed by atoms with Gasteiger partial charge in [0.15, 0.2) is 6.29 Å². The van der Waals surface area contributed by atoms with Gasteiger partial charge in [0.1, 0.15) is 24.4 Å². The quantitative estimate of drug-likeness (QED) is 0.0261. The Kier molecular flexibility index (Phi) is 63.7. The van der Waals surface area contributed by atoms with Crippen molar-refractivity contribution < 1.29 is 39.8 Å². The molecule has 9 heteroatoms. The van der Waals surface area contributed by atoms with Gasteiger partial charge >= 0.3 is 0 Å². The third kappa shape index (κ3) is 55.0. The Labute approximate surface area is 543 Å². The van der Waals surface area contributed by atoms with Crippen LogP contribution < -0.4 is 5.32 Å². The number of rotatable bonds is 66. The fourth-order valence-corrected chi connectivity index (χ4v) is 11.9. The molecule has 1 aliphatic heterocycles. The minimum atomic E-state index is -1.56. The van der Waals surface area contributed by atoms with Gasteiger partial charge < -0.3 is 40.3 Å². The summed E-state index contributed by atoms with van der Waals surface area (Å²) in [7, 11) is 0. The van der Waals surface area contributed by atoms with Crippen LogP contribution in [0.25, 0.3) is 0 Å². The molecular formula is C79H143NO8. The summed E-state index contributed by atoms with van der Waals surface area (Å²) in [5, 5.41) is 55.0. The van der Waals surface area contributed by atoms with Crippen molar-refractivity contribution >= 4 is 5.91 Å². The normalized spacial score (nSPS) is 18.4. The number of unbranched alkanes of at least 4 members (excludes halogenated alkanes) is 42. The second kappa shape index (κ2) is 67.3. The lowest BCUT2D eigenvalue weighted by atomic mass is 9.99. The average Bonchev–Trinajstić information content (AvgIpc) is 3.29. The van der Waals surface area contributed by atoms with Crippen molar-refractivity contribution in [2.45, 2.75) is 397 Å². The summed E-state index contributed by atoms with van der Waals surface area (Å²) in [5.41, 5.74) is 0. The van der Waals surface area contributed by atoms with Gasteiger partial charge in [-0.3, -0.25) is 4.79 Å². The number of hydrogen-bond acceptors (Lipinski definition) is 8. The molecule has 1 rings (SSSR count). The second-order valence-corrected chi connectivity index (χ2v) is 26.1. The molecule has 1 fully saturated rings. The molecule has 1 aliphatic rings. The van der Waals surface area contributed by atoms with Gasteiger partial charge in [-0.2, -0.15) is 0 Å². The Morgan fingerprint density at radius 1 is 0.398 bits per heavy atom. The second-order valence-electron chi connectivity index (χ2n) is 26.1. The fraction of sp³-hybridized carbons (Fsp3) is 0.810. The van der Waals surface area contributed by atoms with E-state index in [2.05, 4.69) is 104 Å². The largest absolute Gasteiger partial charge is 0.394 e. The topological polar surface area (TPSA) is 149 Å². The first-order chi connectivity index (χ1) is 43.3. The van der Waals surface area contributed by atoms with Gasteiger partial charge in [0.2, 0.25) is 5.91 Å². The molecule has 1 heterocycles. The van der Waals surface area contributed by atoms with Gasteiger partial charge in [-0.1, -0.05) is 362 Å². The number of allylic oxidation sites excluding steroid dienone is 14. The summed E-state index contributed by atoms with van der Waals surface area (Å²) in [6, 6.07) is -0.725. The zero-order valence-electron chi connectivity index (χ0n) is 57.5. The van der Waals surface area contributed by atoms with Crippen molar-refractivity contribution in [2.75, 3.05) is 13.2 Å². The maximum Gasteiger partial charge on any atom is 0.220 e. The maximum absolute atomic E-state index is 13.2. The zero-order valence-corrected chi connectivity index (χ0v) is 57.5. The average molecular weight is 1240 g/mol. The van der Waals surface area contributed by atoms with E-state index in [0.717, 1.165) is 83.5 Å². The molecule has 88 heavy (non-hydrogen) atoms. The fourth-order valence-electron chi connectivity index (χ4n) is 11.9. The molecular weight excluding hydrogens is 1090 g/mol. The Morgan fingerprint density at radius 3 is 1.05 bits per heavy atom. The van der Waals surface area contributed by atoms with E-state index in [-0.39, 0.29) is 12.5 Å². The molecule has 1 saturated heterocycles. The predicted molar refractivity (Wildman–Crippen MR) is 378 cm³/mol. The maximum atomic E-state index is 13.2. The van der Waals surface area contributed by atoms with Crippen LogP contribution >= 0.6 is 0 Å². The van der Waals surface area contributed by atoms with E-state index in [1.165, 1.54) is 244 Å². The van der Waals surface area contributed by atoms with Crippen molar-refractivity contribution in [3.63, 3.8) is 0 Å². The monoisotopic (exact) mass is 1230 g/mol. The van der Waals surface area contributed by atoms with Crippen molar-refractivity contribution in [2.24, 2.45) is 0 Å². The van der Waals surface area contributed by atoms with Crippen LogP contribution in [0.1, 0.15) is 354 Å². The van der Waals surface area contributed by atoms with E-state index in [9.17, 15) is 30.3 Å². The number of carbonyl (C=O) groups excluding carboxylic acids is 1. The van der Waals surface area contributed by atoms with Crippen LogP contribution in [0.2, 0.25) is 0 Å². The number of carbonyl (C=O) groups is 1. The number of nitrogens with one attached hydrogen (secondary N) is 1. The van der Waals surface area contributed by atoms with Gasteiger partial charge in [0, 0.05) is 6.42 Å². The highest BCUT2D eigenvalue weighted by atomic mass is 16.7. The summed E-state index contributed by atoms with van der Waals surface area (Å²) in [4.78, 5) is 13.2. The minimum absolute atomic E-state index is 0.138. The molecule has 0 saturated carbocycles. The molecule has 6 N–H and O–H groups in total. The molecule has 512 valence electrons. The van der Waals surface area contributed by atoms with Crippen LogP contribution in [0.5, 0.6) is 0 Å². The van der Waals surface area contributed by atoms with Crippen LogP contribution in [-0.4, -0.2) is 87.5 Å². The predicted octanol–water partition coefficient (Wildman–Crippen LogP) is 21.3. The highest BCUT2D eigenvalue weighted by molar-refractivity contribution is 5.76. The van der Waals surface area contributed by atoms with Crippen LogP contribution in [0.3, 0.4) is 0 Å². The highest BCUT2D eigenvalue weighted by Crippen LogP contribution is 2.24. The van der Waals surface area contributed by atoms with Crippen LogP contribution in [0.15, 0.2) is 85.1 Å². The van der Waals surface area contributed by atoms with E-state index in [1.54, 1.807) is 0 Å². The lowest BCUT2D eigenvalue weighted by Crippen LogP contribution is -2.60. The van der Waals surface area contributed by atoms with Gasteiger partial charge in [-0.05, 0) is 70.6 Å². The molecule has 7 unspecified atom stereocenters. The van der Waals surface area contributed by atoms with Gasteiger partial charge in [-0.15, -0.1) is 0 Å². The summed E-state index contributed by atoms with van der Waals surface area (Å²) in [5.74, 6) is -0.141. The molecule has 1 amide bonds. The number of amides is 1. The summed E-state index contributed by atoms with van der Waals surface area (Å²) in [6.07, 6.45) is 89.5. The van der Waals surface area contributed by atoms with Crippen LogP contribution in [0, 0.1) is 0 Å². The Morgan fingerprint density at radius 2 is 0.705 bits per heavy atom. The molecule has 0 radical (unpaired) electrons. The van der Waals surface area contributed by atoms with E-state index >= 15 is 0 Å². The third-order valence-corrected chi connectivity index (χ3v) is 17.8. The summed E-state index contributed by atoms with van der Waals surface area (Å²) < 4.78 is 11.4. The molecule has 7 atom stereocenters. The van der Waals surface area contributed by atoms with Gasteiger partial charge in [0.05, 0.1) is 25.4 Å². The number of ether oxygens (including phenoxy) is 2. The smallest absolute Gasteiger partial charge is 0.220 e. The third-order valence-electron chi connectivity index (χ3n) is 17.8. The lowest BCUT2D eigenvalue weighted by molar-refractivity contribution is -0.302. The standard InChI is InChI=1S/C79H143NO8/c1-3-5-7-9-11-13-15-17-19-21-23-25-27-29-31-33-34-35-36-37-38-39-40-41-43-45-47-49-51-53-55-57-59-61-63-65-67-69-75(83)80-72(71-87-79-78(86)77(85)76(84)74(70-81)88-79)73(82)68-66-64-62-60-58-56-54-52-50-48-46-44-42-32-30-28-26-24-22-20-18-16-14-12-10-8-6-4-2/h5,7,11,13,17,19,23,25,29,31,34-35,37-38,72-74,76-79,81-82,84-86H,3-4,6,8-10,12,14-16,18,20-22,24,26-28,30,32-33,36,39-71H2,1-2H3,(H,80,83)/b7-5-,13-11-,19-17-,25-23-,31-29-,35-34-,38-37-. The first-order valence-electron chi connectivity index (χ1n) is 37.8. The number of aliphatic hydroxyl groups excluding tert-OH is 5. The first kappa shape index (κ1) is 83.4. The van der Waals surface area contributed by atoms with Crippen molar-refractivity contribution in [1.82, 2.24) is 5.32 Å². The number of aliphatic hydroxyl groups is 5. The van der Waals surface area contributed by atoms with E-state index < -0.39 is 49.5 Å². The summed E-state index contributed by atoms with van der Waals surface area (Å²) >= 11 is 0. The highest BCUT2D eigenvalue weighted by Gasteiger charge is 2.44. The molecule has 0 aromatic heterocycles. The van der Waals surface area contributed by atoms with Crippen molar-refractivity contribution in [3.8, 4) is 0 Å². The van der Waals surface area contributed by atoms with Crippen molar-refractivity contribution in [1.29, 1.82) is 0 Å². The van der Waals surface area contributed by atoms with E-state index in [0.29, 0.717) is 12.8 Å². The Balaban J connectivity index is 2.09. The molecule has 0 aliphatic carbocycles. The molecule has 0 aromatic carbocycles. The zero-order chi connectivity index (χ0) is 63.5. The van der Waals surface area contributed by atoms with Crippen LogP contribution in [-0.2, 0) is 14.3 Å². The Hall–Kier alpha value is -2.63. The van der Waals surface area contributed by atoms with E-state index in [1.807, 2.05) is 0 Å². The minimum Gasteiger partial charge on any atom is -0.394 e. The summed E-state index contributed by atoms with van der Waals surface area (Å²) in [6.45, 7) is 3.77.